The quantitative estimate of drug-likeness (QED) is 0.0912. The molecule has 3 aliphatic rings. The second-order valence-electron chi connectivity index (χ2n) is 17.8. The molecule has 0 bridgehead atoms. The Balaban J connectivity index is 0.000000187. The molecule has 0 aliphatic carbocycles. The van der Waals surface area contributed by atoms with Gasteiger partial charge in [0, 0.05) is 63.5 Å². The molecule has 3 amide bonds. The van der Waals surface area contributed by atoms with E-state index in [1.165, 1.54) is 48.7 Å². The van der Waals surface area contributed by atoms with Crippen LogP contribution in [0.3, 0.4) is 0 Å². The van der Waals surface area contributed by atoms with Gasteiger partial charge in [0.15, 0.2) is 17.4 Å². The van der Waals surface area contributed by atoms with Crippen molar-refractivity contribution in [3.05, 3.63) is 210 Å². The van der Waals surface area contributed by atoms with Crippen LogP contribution in [0.4, 0.5) is 14.4 Å². The summed E-state index contributed by atoms with van der Waals surface area (Å²) in [5, 5.41) is 11.9. The molecule has 0 aromatic heterocycles. The molecule has 0 unspecified atom stereocenters. The number of amides is 3. The van der Waals surface area contributed by atoms with E-state index in [1.54, 1.807) is 9.80 Å². The molecule has 6 aromatic carbocycles. The summed E-state index contributed by atoms with van der Waals surface area (Å²) in [5.41, 5.74) is 6.55. The van der Waals surface area contributed by atoms with Gasteiger partial charge in [-0.1, -0.05) is 179 Å². The van der Waals surface area contributed by atoms with Crippen LogP contribution in [0.1, 0.15) is 62.1 Å². The first-order chi connectivity index (χ1) is 36.2. The van der Waals surface area contributed by atoms with E-state index < -0.39 is 24.8 Å². The van der Waals surface area contributed by atoms with E-state index >= 15 is 0 Å². The standard InChI is InChI=1S/C25H22P.C13H13BBrNO.C13H14BNO.C6H8BNO2.C3H4O3/c1-5-13-22(14-6-1)21-26(23-15-7-2-8-16-23,24-17-9-3-10-18-24)25-19-11-4-12-20-25;14-13(17)16-8-6-11(7-9-16)12(15)10-4-2-1-3-5-10;14-13(16)15-8-6-12(7-9-15)10-11-4-2-1-3-5-11;7-6(10)8-3-1-5(9)2-4-8;1-2(4)3(5)6/h1-20H,21H2;1-5H,6-9H2;1-5,10H,6-9H2;1-4H2;1H3,(H,5,6)/q+1;;;;. The van der Waals surface area contributed by atoms with Crippen molar-refractivity contribution >= 4 is 108 Å². The number of carboxylic acids is 1. The number of rotatable bonds is 8. The van der Waals surface area contributed by atoms with E-state index in [4.69, 9.17) is 28.6 Å². The van der Waals surface area contributed by atoms with E-state index in [9.17, 15) is 28.8 Å². The molecule has 6 radical (unpaired) electrons. The number of benzene rings is 6. The lowest BCUT2D eigenvalue weighted by atomic mass is 9.98. The Bertz CT molecular complexity index is 2710. The highest BCUT2D eigenvalue weighted by atomic mass is 79.9. The fraction of sp³-hybridized carbons (Fsp3) is 0.233. The number of carbonyl (C=O) groups excluding carboxylic acids is 5. The molecule has 0 spiro atoms. The highest BCUT2D eigenvalue weighted by Gasteiger charge is 2.45. The zero-order valence-corrected chi connectivity index (χ0v) is 44.9. The normalized spacial score (nSPS) is 14.1. The minimum Gasteiger partial charge on any atom is -0.476 e. The molecule has 75 heavy (non-hydrogen) atoms. The number of carbonyl (C=O) groups is 6. The minimum atomic E-state index is -1.78. The van der Waals surface area contributed by atoms with Gasteiger partial charge in [0.1, 0.15) is 29.0 Å². The van der Waals surface area contributed by atoms with Crippen LogP contribution in [-0.2, 0) is 20.5 Å². The summed E-state index contributed by atoms with van der Waals surface area (Å²) in [4.78, 5) is 66.9. The second kappa shape index (κ2) is 31.1. The molecule has 3 aliphatic heterocycles. The third-order valence-corrected chi connectivity index (χ3v) is 18.1. The van der Waals surface area contributed by atoms with Gasteiger partial charge in [-0.2, -0.15) is 0 Å². The molecule has 378 valence electrons. The molecule has 9 rings (SSSR count). The van der Waals surface area contributed by atoms with Crippen LogP contribution < -0.4 is 15.9 Å². The first-order valence-corrected chi connectivity index (χ1v) is 27.6. The van der Waals surface area contributed by atoms with Crippen molar-refractivity contribution < 1.29 is 33.9 Å². The number of likely N-dealkylation sites (tertiary alicyclic amines) is 3. The number of carboxylic acid groups (broad SMARTS) is 1. The van der Waals surface area contributed by atoms with E-state index in [2.05, 4.69) is 168 Å². The van der Waals surface area contributed by atoms with Gasteiger partial charge >= 0.3 is 5.97 Å². The molecule has 1 N–H and O–H groups in total. The topological polar surface area (TPSA) is 132 Å². The summed E-state index contributed by atoms with van der Waals surface area (Å²) >= 11 is 3.65. The summed E-state index contributed by atoms with van der Waals surface area (Å²) in [6.45, 7) is 4.91. The van der Waals surface area contributed by atoms with Crippen LogP contribution in [0.5, 0.6) is 0 Å². The number of ketones is 2. The van der Waals surface area contributed by atoms with Gasteiger partial charge in [-0.05, 0) is 78.8 Å². The predicted octanol–water partition coefficient (Wildman–Crippen LogP) is 10.4. The summed E-state index contributed by atoms with van der Waals surface area (Å²) in [7, 11) is 13.7. The average Bonchev–Trinajstić information content (AvgIpc) is 3.45. The first kappa shape index (κ1) is 59.0. The van der Waals surface area contributed by atoms with Gasteiger partial charge < -0.3 is 19.8 Å². The maximum atomic E-state index is 11.0. The molecule has 6 aromatic rings. The molecule has 0 saturated carbocycles. The molecule has 3 heterocycles. The molecule has 10 nitrogen and oxygen atoms in total. The predicted molar refractivity (Wildman–Crippen MR) is 311 cm³/mol. The number of hydrogen-bond donors (Lipinski definition) is 1. The van der Waals surface area contributed by atoms with Crippen molar-refractivity contribution in [1.29, 1.82) is 0 Å². The largest absolute Gasteiger partial charge is 0.476 e. The Morgan fingerprint density at radius 2 is 0.827 bits per heavy atom. The van der Waals surface area contributed by atoms with Crippen molar-refractivity contribution in [2.45, 2.75) is 51.6 Å². The fourth-order valence-corrected chi connectivity index (χ4v) is 13.5. The molecule has 15 heteroatoms. The lowest BCUT2D eigenvalue weighted by molar-refractivity contribution is -0.148. The number of aliphatic carboxylic acids is 1. The number of nitrogens with zero attached hydrogens (tertiary/aromatic N) is 3. The van der Waals surface area contributed by atoms with Gasteiger partial charge in [0.2, 0.25) is 29.3 Å². The van der Waals surface area contributed by atoms with Gasteiger partial charge in [-0.3, -0.25) is 24.0 Å². The SMILES string of the molecule is CC(=O)C(=O)O.[B]C(=O)N1CCC(=C(Br)c2ccccc2)CC1.[B]C(=O)N1CCC(=Cc2ccccc2)CC1.[B]C(=O)N1CCC(=O)CC1.c1ccc(C[P+](c2ccccc2)(c2ccccc2)c2ccccc2)cc1. The smallest absolute Gasteiger partial charge is 0.371 e. The third kappa shape index (κ3) is 19.1. The maximum Gasteiger partial charge on any atom is 0.371 e. The number of hydrogen-bond acceptors (Lipinski definition) is 6. The van der Waals surface area contributed by atoms with Crippen LogP contribution in [0.15, 0.2) is 193 Å². The van der Waals surface area contributed by atoms with Crippen LogP contribution in [0, 0.1) is 0 Å². The first-order valence-electron chi connectivity index (χ1n) is 24.8. The Kier molecular flexibility index (Phi) is 24.5. The summed E-state index contributed by atoms with van der Waals surface area (Å²) in [5.74, 6) is -3.03. The van der Waals surface area contributed by atoms with Crippen LogP contribution in [-0.4, -0.2) is 118 Å². The maximum absolute atomic E-state index is 11.0. The lowest BCUT2D eigenvalue weighted by Crippen LogP contribution is -2.37. The highest BCUT2D eigenvalue weighted by molar-refractivity contribution is 9.15. The lowest BCUT2D eigenvalue weighted by Gasteiger charge is -2.28. The fourth-order valence-electron chi connectivity index (χ4n) is 8.55. The number of halogens is 1. The van der Waals surface area contributed by atoms with Gasteiger partial charge in [-0.15, -0.1) is 0 Å². The van der Waals surface area contributed by atoms with Crippen LogP contribution >= 0.6 is 23.2 Å². The molecule has 3 fully saturated rings. The summed E-state index contributed by atoms with van der Waals surface area (Å²) in [6, 6.07) is 64.5. The third-order valence-electron chi connectivity index (χ3n) is 12.7. The number of piperidine rings is 3. The molecular formula is C60H61B3BrN3O7P+. The Labute approximate surface area is 455 Å². The Hall–Kier alpha value is -6.88. The molecule has 3 saturated heterocycles. The average molecular weight is 1080 g/mol. The van der Waals surface area contributed by atoms with Gasteiger partial charge in [0.25, 0.3) is 0 Å². The molecule has 0 atom stereocenters. The van der Waals surface area contributed by atoms with Crippen molar-refractivity contribution in [2.24, 2.45) is 0 Å². The zero-order valence-electron chi connectivity index (χ0n) is 42.4. The van der Waals surface area contributed by atoms with Crippen molar-refractivity contribution in [3.63, 3.8) is 0 Å². The van der Waals surface area contributed by atoms with Gasteiger partial charge in [-0.25, -0.2) is 4.79 Å². The summed E-state index contributed by atoms with van der Waals surface area (Å²) in [6.07, 6.45) is 7.79. The van der Waals surface area contributed by atoms with Crippen molar-refractivity contribution in [3.8, 4) is 0 Å². The van der Waals surface area contributed by atoms with E-state index in [1.807, 2.05) is 36.4 Å². The Morgan fingerprint density at radius 1 is 0.507 bits per heavy atom. The van der Waals surface area contributed by atoms with E-state index in [-0.39, 0.29) is 17.4 Å². The Morgan fingerprint density at radius 3 is 1.19 bits per heavy atom. The van der Waals surface area contributed by atoms with E-state index in [0.29, 0.717) is 39.0 Å². The minimum absolute atomic E-state index is 0.220. The molecular weight excluding hydrogens is 1020 g/mol. The highest BCUT2D eigenvalue weighted by Crippen LogP contribution is 2.58. The second-order valence-corrected chi connectivity index (χ2v) is 22.1. The number of Topliss-reactive ketones (excluding diaryl/α,β-unsaturated/α-hetero) is 2. The van der Waals surface area contributed by atoms with Crippen LogP contribution in [0.2, 0.25) is 0 Å². The van der Waals surface area contributed by atoms with Crippen LogP contribution in [0.25, 0.3) is 10.6 Å². The van der Waals surface area contributed by atoms with Gasteiger partial charge in [0.05, 0.1) is 6.16 Å². The van der Waals surface area contributed by atoms with Crippen molar-refractivity contribution in [1.82, 2.24) is 14.7 Å². The van der Waals surface area contributed by atoms with E-state index in [0.717, 1.165) is 56.3 Å². The summed E-state index contributed by atoms with van der Waals surface area (Å²) < 4.78 is 1.15. The van der Waals surface area contributed by atoms with Crippen molar-refractivity contribution in [2.75, 3.05) is 39.3 Å². The monoisotopic (exact) mass is 1080 g/mol. The zero-order chi connectivity index (χ0) is 54.0.